The summed E-state index contributed by atoms with van der Waals surface area (Å²) in [6.45, 7) is 4.77. The molecule has 1 aliphatic rings. The van der Waals surface area contributed by atoms with E-state index in [-0.39, 0.29) is 18.2 Å². The number of anilines is 1. The average Bonchev–Trinajstić information content (AvgIpc) is 2.85. The molecule has 1 heterocycles. The van der Waals surface area contributed by atoms with E-state index in [1.807, 2.05) is 12.1 Å². The van der Waals surface area contributed by atoms with E-state index in [4.69, 9.17) is 4.74 Å². The molecule has 0 aliphatic carbocycles. The maximum atomic E-state index is 12.2. The number of ether oxygens (including phenoxy) is 1. The fourth-order valence-corrected chi connectivity index (χ4v) is 2.98. The van der Waals surface area contributed by atoms with E-state index in [9.17, 15) is 9.59 Å². The first-order valence-electron chi connectivity index (χ1n) is 7.44. The number of hydrogen-bond donors (Lipinski definition) is 2. The fraction of sp³-hybridized carbons (Fsp3) is 0.438. The Bertz CT molecular complexity index is 616. The summed E-state index contributed by atoms with van der Waals surface area (Å²) >= 11 is 1.31. The van der Waals surface area contributed by atoms with Gasteiger partial charge < -0.3 is 15.4 Å². The third kappa shape index (κ3) is 4.99. The lowest BCUT2D eigenvalue weighted by molar-refractivity contribution is -0.122. The topological polar surface area (TPSA) is 79.8 Å². The van der Waals surface area contributed by atoms with Crippen LogP contribution < -0.4 is 15.4 Å². The number of nitrogens with zero attached hydrogens (tertiary/aromatic N) is 1. The van der Waals surface area contributed by atoms with Gasteiger partial charge in [0.15, 0.2) is 5.17 Å². The van der Waals surface area contributed by atoms with Crippen LogP contribution in [0.25, 0.3) is 0 Å². The molecule has 1 atom stereocenters. The zero-order chi connectivity index (χ0) is 16.8. The maximum absolute atomic E-state index is 12.2. The first-order chi connectivity index (χ1) is 11.0. The van der Waals surface area contributed by atoms with Crippen molar-refractivity contribution < 1.29 is 14.3 Å². The van der Waals surface area contributed by atoms with Gasteiger partial charge in [-0.15, -0.1) is 0 Å². The number of aliphatic imine (C=N–C) groups is 1. The molecule has 1 unspecified atom stereocenters. The second kappa shape index (κ2) is 8.01. The zero-order valence-corrected chi connectivity index (χ0v) is 14.3. The normalized spacial score (nSPS) is 19.0. The Balaban J connectivity index is 1.93. The largest absolute Gasteiger partial charge is 0.495 e. The molecule has 1 aromatic rings. The quantitative estimate of drug-likeness (QED) is 0.836. The molecule has 0 aromatic heterocycles. The van der Waals surface area contributed by atoms with Gasteiger partial charge in [-0.3, -0.25) is 14.6 Å². The number of thioether (sulfide) groups is 1. The van der Waals surface area contributed by atoms with Crippen LogP contribution in [-0.4, -0.2) is 35.9 Å². The van der Waals surface area contributed by atoms with Gasteiger partial charge in [-0.1, -0.05) is 37.7 Å². The lowest BCUT2D eigenvalue weighted by atomic mass is 10.2. The van der Waals surface area contributed by atoms with E-state index in [2.05, 4.69) is 29.5 Å². The predicted octanol–water partition coefficient (Wildman–Crippen LogP) is 2.27. The van der Waals surface area contributed by atoms with Crippen LogP contribution in [0.3, 0.4) is 0 Å². The van der Waals surface area contributed by atoms with Gasteiger partial charge in [-0.05, 0) is 18.1 Å². The second-order valence-corrected chi connectivity index (χ2v) is 6.78. The Kier molecular flexibility index (Phi) is 6.04. The van der Waals surface area contributed by atoms with Crippen molar-refractivity contribution in [3.05, 3.63) is 24.3 Å². The first-order valence-corrected chi connectivity index (χ1v) is 8.32. The average molecular weight is 335 g/mol. The number of amides is 2. The van der Waals surface area contributed by atoms with Gasteiger partial charge >= 0.3 is 0 Å². The van der Waals surface area contributed by atoms with Gasteiger partial charge in [0.1, 0.15) is 11.0 Å². The highest BCUT2D eigenvalue weighted by Gasteiger charge is 2.32. The Morgan fingerprint density at radius 2 is 2.17 bits per heavy atom. The first kappa shape index (κ1) is 17.3. The van der Waals surface area contributed by atoms with E-state index in [0.717, 1.165) is 0 Å². The highest BCUT2D eigenvalue weighted by Crippen LogP contribution is 2.26. The summed E-state index contributed by atoms with van der Waals surface area (Å²) in [7, 11) is 1.54. The molecule has 23 heavy (non-hydrogen) atoms. The van der Waals surface area contributed by atoms with Crippen LogP contribution in [-0.2, 0) is 9.59 Å². The van der Waals surface area contributed by atoms with Crippen LogP contribution >= 0.6 is 11.8 Å². The summed E-state index contributed by atoms with van der Waals surface area (Å²) in [6.07, 6.45) is 0.0925. The van der Waals surface area contributed by atoms with Gasteiger partial charge in [0, 0.05) is 13.0 Å². The standard InChI is InChI=1S/C16H21N3O3S/c1-10(2)9-17-16-19-15(21)13(23-16)8-14(20)18-11-6-4-5-7-12(11)22-3/h4-7,10,13H,8-9H2,1-3H3,(H,18,20)(H,17,19,21). The Morgan fingerprint density at radius 3 is 2.87 bits per heavy atom. The molecule has 2 N–H and O–H groups in total. The number of hydrogen-bond acceptors (Lipinski definition) is 5. The predicted molar refractivity (Wildman–Crippen MR) is 92.9 cm³/mol. The number of para-hydroxylation sites is 2. The smallest absolute Gasteiger partial charge is 0.240 e. The summed E-state index contributed by atoms with van der Waals surface area (Å²) in [6, 6.07) is 7.16. The van der Waals surface area contributed by atoms with Gasteiger partial charge in [0.2, 0.25) is 11.8 Å². The van der Waals surface area contributed by atoms with Gasteiger partial charge in [-0.2, -0.15) is 0 Å². The van der Waals surface area contributed by atoms with Crippen molar-refractivity contribution in [1.82, 2.24) is 5.32 Å². The third-order valence-electron chi connectivity index (χ3n) is 3.13. The van der Waals surface area contributed by atoms with Crippen molar-refractivity contribution in [2.45, 2.75) is 25.5 Å². The highest BCUT2D eigenvalue weighted by molar-refractivity contribution is 8.15. The van der Waals surface area contributed by atoms with E-state index >= 15 is 0 Å². The van der Waals surface area contributed by atoms with Gasteiger partial charge in [0.25, 0.3) is 0 Å². The Hall–Kier alpha value is -2.02. The molecule has 7 heteroatoms. The van der Waals surface area contributed by atoms with Crippen LogP contribution in [0, 0.1) is 5.92 Å². The van der Waals surface area contributed by atoms with E-state index in [1.165, 1.54) is 11.8 Å². The van der Waals surface area contributed by atoms with Crippen LogP contribution in [0.4, 0.5) is 5.69 Å². The fourth-order valence-electron chi connectivity index (χ4n) is 2.00. The molecule has 6 nitrogen and oxygen atoms in total. The third-order valence-corrected chi connectivity index (χ3v) is 4.25. The molecular weight excluding hydrogens is 314 g/mol. The highest BCUT2D eigenvalue weighted by atomic mass is 32.2. The Morgan fingerprint density at radius 1 is 1.43 bits per heavy atom. The molecule has 1 saturated heterocycles. The summed E-state index contributed by atoms with van der Waals surface area (Å²) in [4.78, 5) is 28.4. The van der Waals surface area contributed by atoms with E-state index < -0.39 is 5.25 Å². The summed E-state index contributed by atoms with van der Waals surface area (Å²) in [5.74, 6) is 0.608. The minimum atomic E-state index is -0.449. The zero-order valence-electron chi connectivity index (χ0n) is 13.5. The number of amidine groups is 1. The van der Waals surface area contributed by atoms with E-state index in [1.54, 1.807) is 19.2 Å². The van der Waals surface area contributed by atoms with Crippen LogP contribution in [0.1, 0.15) is 20.3 Å². The van der Waals surface area contributed by atoms with Crippen molar-refractivity contribution in [2.75, 3.05) is 19.0 Å². The lowest BCUT2D eigenvalue weighted by Crippen LogP contribution is -2.28. The maximum Gasteiger partial charge on any atom is 0.240 e. The van der Waals surface area contributed by atoms with Crippen LogP contribution in [0.5, 0.6) is 5.75 Å². The molecule has 1 aromatic carbocycles. The minimum Gasteiger partial charge on any atom is -0.495 e. The Labute approximate surface area is 140 Å². The molecule has 0 radical (unpaired) electrons. The molecule has 0 saturated carbocycles. The molecule has 2 amide bonds. The molecule has 0 bridgehead atoms. The van der Waals surface area contributed by atoms with E-state index in [0.29, 0.717) is 29.1 Å². The number of carbonyl (C=O) groups excluding carboxylic acids is 2. The number of carbonyl (C=O) groups is 2. The van der Waals surface area contributed by atoms with Crippen molar-refractivity contribution >= 4 is 34.4 Å². The number of nitrogens with one attached hydrogen (secondary N) is 2. The van der Waals surface area contributed by atoms with Gasteiger partial charge in [-0.25, -0.2) is 0 Å². The molecule has 124 valence electrons. The second-order valence-electron chi connectivity index (χ2n) is 5.59. The van der Waals surface area contributed by atoms with Crippen molar-refractivity contribution in [1.29, 1.82) is 0 Å². The minimum absolute atomic E-state index is 0.0925. The molecule has 2 rings (SSSR count). The van der Waals surface area contributed by atoms with Crippen LogP contribution in [0.2, 0.25) is 0 Å². The monoisotopic (exact) mass is 335 g/mol. The molecule has 0 spiro atoms. The summed E-state index contributed by atoms with van der Waals surface area (Å²) < 4.78 is 5.19. The SMILES string of the molecule is COc1ccccc1NC(=O)CC1SC(=NCC(C)C)NC1=O. The summed E-state index contributed by atoms with van der Waals surface area (Å²) in [5.41, 5.74) is 0.595. The number of methoxy groups -OCH3 is 1. The number of benzene rings is 1. The van der Waals surface area contributed by atoms with Crippen LogP contribution in [0.15, 0.2) is 29.3 Å². The molecule has 1 aliphatic heterocycles. The van der Waals surface area contributed by atoms with Crippen molar-refractivity contribution in [2.24, 2.45) is 10.9 Å². The van der Waals surface area contributed by atoms with Crippen molar-refractivity contribution in [3.8, 4) is 5.75 Å². The molecule has 1 fully saturated rings. The van der Waals surface area contributed by atoms with Gasteiger partial charge in [0.05, 0.1) is 12.8 Å². The summed E-state index contributed by atoms with van der Waals surface area (Å²) in [5, 5.41) is 5.64. The lowest BCUT2D eigenvalue weighted by Gasteiger charge is -2.10. The molecular formula is C16H21N3O3S. The number of rotatable bonds is 6. The van der Waals surface area contributed by atoms with Crippen molar-refractivity contribution in [3.63, 3.8) is 0 Å².